The number of ether oxygens (including phenoxy) is 3. The fourth-order valence-electron chi connectivity index (χ4n) is 3.93. The second-order valence-corrected chi connectivity index (χ2v) is 7.49. The molecular weight excluding hydrogens is 445 g/mol. The minimum Gasteiger partial charge on any atom is -0.381 e. The highest BCUT2D eigenvalue weighted by Gasteiger charge is 2.24. The van der Waals surface area contributed by atoms with Crippen molar-refractivity contribution < 1.29 is 14.2 Å². The first kappa shape index (κ1) is 22.2. The largest absolute Gasteiger partial charge is 0.381 e. The first-order valence-electron chi connectivity index (χ1n) is 10.1. The van der Waals surface area contributed by atoms with Gasteiger partial charge in [0.15, 0.2) is 5.96 Å². The molecule has 1 unspecified atom stereocenters. The van der Waals surface area contributed by atoms with Gasteiger partial charge in [0.2, 0.25) is 0 Å². The van der Waals surface area contributed by atoms with E-state index in [4.69, 9.17) is 14.2 Å². The summed E-state index contributed by atoms with van der Waals surface area (Å²) in [5, 5.41) is 3.57. The van der Waals surface area contributed by atoms with Gasteiger partial charge in [-0.15, -0.1) is 24.0 Å². The van der Waals surface area contributed by atoms with Crippen LogP contribution in [-0.4, -0.2) is 76.2 Å². The lowest BCUT2D eigenvalue weighted by molar-refractivity contribution is -0.0721. The standard InChI is InChI=1S/C19H35N3O3.HI/c1-20-19(21-14-16-7-12-23-13-8-16)22-9-5-17(6-10-22)25-15-18-4-2-3-11-24-18;/h16-18H,2-15H2,1H3,(H,20,21);1H. The van der Waals surface area contributed by atoms with Gasteiger partial charge < -0.3 is 24.4 Å². The fourth-order valence-corrected chi connectivity index (χ4v) is 3.93. The Morgan fingerprint density at radius 3 is 2.50 bits per heavy atom. The van der Waals surface area contributed by atoms with Gasteiger partial charge in [-0.1, -0.05) is 0 Å². The SMILES string of the molecule is CN=C(NCC1CCOCC1)N1CCC(OCC2CCCCO2)CC1.I. The molecule has 0 radical (unpaired) electrons. The molecule has 0 aromatic carbocycles. The molecule has 3 heterocycles. The van der Waals surface area contributed by atoms with Crippen LogP contribution in [0.3, 0.4) is 0 Å². The van der Waals surface area contributed by atoms with Crippen LogP contribution in [0.5, 0.6) is 0 Å². The van der Waals surface area contributed by atoms with Crippen molar-refractivity contribution in [1.82, 2.24) is 10.2 Å². The monoisotopic (exact) mass is 481 g/mol. The molecule has 6 nitrogen and oxygen atoms in total. The maximum absolute atomic E-state index is 6.11. The molecular formula is C19H36IN3O3. The minimum absolute atomic E-state index is 0. The third kappa shape index (κ3) is 7.13. The maximum Gasteiger partial charge on any atom is 0.193 e. The van der Waals surface area contributed by atoms with Gasteiger partial charge in [-0.3, -0.25) is 4.99 Å². The number of rotatable bonds is 5. The average Bonchev–Trinajstić information content (AvgIpc) is 2.69. The Morgan fingerprint density at radius 2 is 1.85 bits per heavy atom. The molecule has 3 saturated heterocycles. The van der Waals surface area contributed by atoms with E-state index in [1.165, 1.54) is 12.8 Å². The number of hydrogen-bond acceptors (Lipinski definition) is 4. The van der Waals surface area contributed by atoms with E-state index in [0.29, 0.717) is 18.1 Å². The van der Waals surface area contributed by atoms with Gasteiger partial charge in [0.25, 0.3) is 0 Å². The van der Waals surface area contributed by atoms with Gasteiger partial charge >= 0.3 is 0 Å². The Balaban J connectivity index is 0.00000243. The summed E-state index contributed by atoms with van der Waals surface area (Å²) < 4.78 is 17.3. The third-order valence-corrected chi connectivity index (χ3v) is 5.63. The van der Waals surface area contributed by atoms with Crippen LogP contribution in [0.1, 0.15) is 44.9 Å². The van der Waals surface area contributed by atoms with Gasteiger partial charge in [-0.25, -0.2) is 0 Å². The number of hydrogen-bond donors (Lipinski definition) is 1. The van der Waals surface area contributed by atoms with E-state index in [2.05, 4.69) is 15.2 Å². The fraction of sp³-hybridized carbons (Fsp3) is 0.947. The smallest absolute Gasteiger partial charge is 0.193 e. The summed E-state index contributed by atoms with van der Waals surface area (Å²) in [7, 11) is 1.88. The highest BCUT2D eigenvalue weighted by Crippen LogP contribution is 2.18. The second-order valence-electron chi connectivity index (χ2n) is 7.49. The summed E-state index contributed by atoms with van der Waals surface area (Å²) in [4.78, 5) is 6.85. The summed E-state index contributed by atoms with van der Waals surface area (Å²) in [5.74, 6) is 1.75. The van der Waals surface area contributed by atoms with Crippen molar-refractivity contribution in [3.8, 4) is 0 Å². The van der Waals surface area contributed by atoms with Crippen LogP contribution in [0.25, 0.3) is 0 Å². The molecule has 3 fully saturated rings. The number of aliphatic imine (C=N–C) groups is 1. The van der Waals surface area contributed by atoms with Crippen LogP contribution in [0, 0.1) is 5.92 Å². The Kier molecular flexibility index (Phi) is 10.5. The van der Waals surface area contributed by atoms with E-state index < -0.39 is 0 Å². The number of halogens is 1. The lowest BCUT2D eigenvalue weighted by Crippen LogP contribution is -2.48. The molecule has 0 spiro atoms. The molecule has 3 rings (SSSR count). The molecule has 0 saturated carbocycles. The number of piperidine rings is 1. The number of guanidine groups is 1. The highest BCUT2D eigenvalue weighted by atomic mass is 127. The van der Waals surface area contributed by atoms with E-state index >= 15 is 0 Å². The van der Waals surface area contributed by atoms with Gasteiger partial charge in [0.1, 0.15) is 0 Å². The molecule has 0 bridgehead atoms. The predicted molar refractivity (Wildman–Crippen MR) is 114 cm³/mol. The average molecular weight is 481 g/mol. The Morgan fingerprint density at radius 1 is 1.08 bits per heavy atom. The summed E-state index contributed by atoms with van der Waals surface area (Å²) in [5.41, 5.74) is 0. The minimum atomic E-state index is 0. The van der Waals surface area contributed by atoms with Crippen LogP contribution in [-0.2, 0) is 14.2 Å². The molecule has 1 N–H and O–H groups in total. The topological polar surface area (TPSA) is 55.3 Å². The third-order valence-electron chi connectivity index (χ3n) is 5.63. The summed E-state index contributed by atoms with van der Waals surface area (Å²) in [6.45, 7) is 6.51. The number of nitrogens with one attached hydrogen (secondary N) is 1. The summed E-state index contributed by atoms with van der Waals surface area (Å²) >= 11 is 0. The second kappa shape index (κ2) is 12.4. The van der Waals surface area contributed by atoms with Crippen molar-refractivity contribution in [2.75, 3.05) is 53.1 Å². The molecule has 7 heteroatoms. The van der Waals surface area contributed by atoms with Crippen LogP contribution in [0.4, 0.5) is 0 Å². The van der Waals surface area contributed by atoms with Crippen LogP contribution < -0.4 is 5.32 Å². The molecule has 0 amide bonds. The Hall–Kier alpha value is -0.120. The maximum atomic E-state index is 6.11. The van der Waals surface area contributed by atoms with Crippen molar-refractivity contribution in [2.24, 2.45) is 10.9 Å². The Bertz CT molecular complexity index is 405. The molecule has 3 aliphatic rings. The molecule has 152 valence electrons. The zero-order valence-corrected chi connectivity index (χ0v) is 18.5. The summed E-state index contributed by atoms with van der Waals surface area (Å²) in [6.07, 6.45) is 8.79. The quantitative estimate of drug-likeness (QED) is 0.372. The van der Waals surface area contributed by atoms with Crippen molar-refractivity contribution in [3.05, 3.63) is 0 Å². The molecule has 0 aromatic rings. The molecule has 3 aliphatic heterocycles. The van der Waals surface area contributed by atoms with Gasteiger partial charge in [0.05, 0.1) is 18.8 Å². The van der Waals surface area contributed by atoms with Gasteiger partial charge in [0, 0.05) is 46.5 Å². The first-order chi connectivity index (χ1) is 12.3. The van der Waals surface area contributed by atoms with Crippen molar-refractivity contribution in [2.45, 2.75) is 57.2 Å². The van der Waals surface area contributed by atoms with Gasteiger partial charge in [-0.05, 0) is 50.9 Å². The van der Waals surface area contributed by atoms with E-state index in [9.17, 15) is 0 Å². The highest BCUT2D eigenvalue weighted by molar-refractivity contribution is 14.0. The van der Waals surface area contributed by atoms with E-state index in [-0.39, 0.29) is 24.0 Å². The van der Waals surface area contributed by atoms with E-state index in [0.717, 1.165) is 84.1 Å². The van der Waals surface area contributed by atoms with Crippen molar-refractivity contribution in [3.63, 3.8) is 0 Å². The van der Waals surface area contributed by atoms with E-state index in [1.807, 2.05) is 7.05 Å². The van der Waals surface area contributed by atoms with Crippen molar-refractivity contribution >= 4 is 29.9 Å². The molecule has 1 atom stereocenters. The normalized spacial score (nSPS) is 26.4. The van der Waals surface area contributed by atoms with Crippen LogP contribution in [0.15, 0.2) is 4.99 Å². The predicted octanol–water partition coefficient (Wildman–Crippen LogP) is 2.66. The van der Waals surface area contributed by atoms with Crippen LogP contribution in [0.2, 0.25) is 0 Å². The molecule has 0 aliphatic carbocycles. The number of likely N-dealkylation sites (tertiary alicyclic amines) is 1. The Labute approximate surface area is 175 Å². The molecule has 26 heavy (non-hydrogen) atoms. The van der Waals surface area contributed by atoms with E-state index in [1.54, 1.807) is 0 Å². The summed E-state index contributed by atoms with van der Waals surface area (Å²) in [6, 6.07) is 0. The van der Waals surface area contributed by atoms with Gasteiger partial charge in [-0.2, -0.15) is 0 Å². The lowest BCUT2D eigenvalue weighted by Gasteiger charge is -2.35. The zero-order valence-electron chi connectivity index (χ0n) is 16.2. The lowest BCUT2D eigenvalue weighted by atomic mass is 10.0. The van der Waals surface area contributed by atoms with Crippen LogP contribution >= 0.6 is 24.0 Å². The number of nitrogens with zero attached hydrogens (tertiary/aromatic N) is 2. The van der Waals surface area contributed by atoms with Crippen molar-refractivity contribution in [1.29, 1.82) is 0 Å². The zero-order chi connectivity index (χ0) is 17.3. The molecule has 0 aromatic heterocycles. The first-order valence-corrected chi connectivity index (χ1v) is 10.1.